The molecule has 0 fully saturated rings. The Balaban J connectivity index is 2.00. The fourth-order valence-corrected chi connectivity index (χ4v) is 2.15. The van der Waals surface area contributed by atoms with Crippen LogP contribution in [0.2, 0.25) is 10.3 Å². The van der Waals surface area contributed by atoms with E-state index in [2.05, 4.69) is 10.3 Å². The summed E-state index contributed by atoms with van der Waals surface area (Å²) < 4.78 is 5.23. The molecule has 0 spiro atoms. The number of carbonyl (C=O) groups excluding carboxylic acids is 1. The molecule has 2 heterocycles. The molecule has 1 atom stereocenters. The van der Waals surface area contributed by atoms with E-state index in [1.165, 1.54) is 12.1 Å². The van der Waals surface area contributed by atoms with Crippen molar-refractivity contribution in [3.63, 3.8) is 0 Å². The number of carbonyl (C=O) groups is 1. The zero-order valence-electron chi connectivity index (χ0n) is 10.2. The van der Waals surface area contributed by atoms with E-state index in [0.29, 0.717) is 12.0 Å². The number of pyridine rings is 1. The zero-order chi connectivity index (χ0) is 13.8. The minimum Gasteiger partial charge on any atom is -0.469 e. The van der Waals surface area contributed by atoms with E-state index in [0.717, 1.165) is 5.76 Å². The number of hydrogen-bond acceptors (Lipinski definition) is 3. The summed E-state index contributed by atoms with van der Waals surface area (Å²) in [5.41, 5.74) is 0.385. The normalized spacial score (nSPS) is 12.2. The quantitative estimate of drug-likeness (QED) is 0.881. The molecule has 100 valence electrons. The minimum atomic E-state index is -0.245. The lowest BCUT2D eigenvalue weighted by atomic mass is 10.1. The SMILES string of the molecule is CC(Cc1ccco1)NC(=O)c1cc(Cl)nc(Cl)c1. The molecule has 0 aromatic carbocycles. The second kappa shape index (κ2) is 6.08. The van der Waals surface area contributed by atoms with Gasteiger partial charge in [0.25, 0.3) is 5.91 Å². The maximum atomic E-state index is 12.0. The van der Waals surface area contributed by atoms with Crippen LogP contribution in [0.5, 0.6) is 0 Å². The average Bonchev–Trinajstić information content (AvgIpc) is 2.80. The molecule has 2 aromatic heterocycles. The molecule has 4 nitrogen and oxygen atoms in total. The Morgan fingerprint density at radius 1 is 1.42 bits per heavy atom. The Kier molecular flexibility index (Phi) is 4.45. The number of nitrogens with one attached hydrogen (secondary N) is 1. The molecule has 2 rings (SSSR count). The lowest BCUT2D eigenvalue weighted by Gasteiger charge is -2.12. The highest BCUT2D eigenvalue weighted by Crippen LogP contribution is 2.15. The van der Waals surface area contributed by atoms with Gasteiger partial charge in [-0.1, -0.05) is 23.2 Å². The number of amides is 1. The molecule has 0 saturated carbocycles. The first-order valence-electron chi connectivity index (χ1n) is 5.71. The van der Waals surface area contributed by atoms with Crippen molar-refractivity contribution < 1.29 is 9.21 Å². The average molecular weight is 299 g/mol. The van der Waals surface area contributed by atoms with Gasteiger partial charge in [-0.15, -0.1) is 0 Å². The van der Waals surface area contributed by atoms with E-state index in [1.807, 2.05) is 19.1 Å². The first kappa shape index (κ1) is 13.9. The summed E-state index contributed by atoms with van der Waals surface area (Å²) in [5.74, 6) is 0.573. The van der Waals surface area contributed by atoms with Gasteiger partial charge in [0, 0.05) is 18.0 Å². The third-order valence-corrected chi connectivity index (χ3v) is 2.88. The van der Waals surface area contributed by atoms with Crippen molar-refractivity contribution in [2.45, 2.75) is 19.4 Å². The topological polar surface area (TPSA) is 55.1 Å². The predicted octanol–water partition coefficient (Wildman–Crippen LogP) is 3.34. The summed E-state index contributed by atoms with van der Waals surface area (Å²) in [7, 11) is 0. The molecular weight excluding hydrogens is 287 g/mol. The number of rotatable bonds is 4. The van der Waals surface area contributed by atoms with Crippen LogP contribution >= 0.6 is 23.2 Å². The van der Waals surface area contributed by atoms with Crippen molar-refractivity contribution in [3.05, 3.63) is 52.2 Å². The Bertz CT molecular complexity index is 550. The summed E-state index contributed by atoms with van der Waals surface area (Å²) in [6.07, 6.45) is 2.22. The highest BCUT2D eigenvalue weighted by Gasteiger charge is 2.13. The molecule has 0 aliphatic carbocycles. The first-order valence-corrected chi connectivity index (χ1v) is 6.46. The number of halogens is 2. The fraction of sp³-hybridized carbons (Fsp3) is 0.231. The summed E-state index contributed by atoms with van der Waals surface area (Å²) in [5, 5.41) is 3.23. The molecule has 6 heteroatoms. The standard InChI is InChI=1S/C13H12Cl2N2O2/c1-8(5-10-3-2-4-19-10)16-13(18)9-6-11(14)17-12(15)7-9/h2-4,6-8H,5H2,1H3,(H,16,18). The van der Waals surface area contributed by atoms with Gasteiger partial charge >= 0.3 is 0 Å². The third kappa shape index (κ3) is 3.98. The Morgan fingerprint density at radius 3 is 2.68 bits per heavy atom. The van der Waals surface area contributed by atoms with Crippen molar-refractivity contribution in [2.24, 2.45) is 0 Å². The van der Waals surface area contributed by atoms with Crippen LogP contribution in [0.3, 0.4) is 0 Å². The van der Waals surface area contributed by atoms with Crippen LogP contribution in [0.1, 0.15) is 23.0 Å². The second-order valence-electron chi connectivity index (χ2n) is 4.16. The minimum absolute atomic E-state index is 0.0654. The number of aromatic nitrogens is 1. The van der Waals surface area contributed by atoms with E-state index in [-0.39, 0.29) is 22.3 Å². The lowest BCUT2D eigenvalue weighted by Crippen LogP contribution is -2.34. The molecular formula is C13H12Cl2N2O2. The van der Waals surface area contributed by atoms with Gasteiger partial charge in [0.2, 0.25) is 0 Å². The molecule has 2 aromatic rings. The van der Waals surface area contributed by atoms with E-state index in [9.17, 15) is 4.79 Å². The van der Waals surface area contributed by atoms with Crippen LogP contribution in [0.4, 0.5) is 0 Å². The van der Waals surface area contributed by atoms with Crippen molar-refractivity contribution in [2.75, 3.05) is 0 Å². The largest absolute Gasteiger partial charge is 0.469 e. The lowest BCUT2D eigenvalue weighted by molar-refractivity contribution is 0.0939. The highest BCUT2D eigenvalue weighted by molar-refractivity contribution is 6.33. The van der Waals surface area contributed by atoms with Crippen molar-refractivity contribution >= 4 is 29.1 Å². The maximum absolute atomic E-state index is 12.0. The van der Waals surface area contributed by atoms with Crippen LogP contribution in [-0.4, -0.2) is 16.9 Å². The smallest absolute Gasteiger partial charge is 0.251 e. The molecule has 0 saturated heterocycles. The molecule has 1 N–H and O–H groups in total. The molecule has 0 aliphatic heterocycles. The summed E-state index contributed by atoms with van der Waals surface area (Å²) in [6, 6.07) is 6.56. The van der Waals surface area contributed by atoms with Crippen LogP contribution in [0.15, 0.2) is 34.9 Å². The predicted molar refractivity (Wildman–Crippen MR) is 73.6 cm³/mol. The molecule has 19 heavy (non-hydrogen) atoms. The first-order chi connectivity index (χ1) is 9.04. The van der Waals surface area contributed by atoms with Gasteiger partial charge in [0.1, 0.15) is 16.1 Å². The van der Waals surface area contributed by atoms with Gasteiger partial charge in [-0.05, 0) is 31.2 Å². The van der Waals surface area contributed by atoms with Crippen molar-refractivity contribution in [1.82, 2.24) is 10.3 Å². The summed E-state index contributed by atoms with van der Waals surface area (Å²) >= 11 is 11.5. The maximum Gasteiger partial charge on any atom is 0.251 e. The molecule has 1 amide bonds. The summed E-state index contributed by atoms with van der Waals surface area (Å²) in [4.78, 5) is 15.8. The number of nitrogens with zero attached hydrogens (tertiary/aromatic N) is 1. The van der Waals surface area contributed by atoms with E-state index in [1.54, 1.807) is 6.26 Å². The monoisotopic (exact) mass is 298 g/mol. The number of hydrogen-bond donors (Lipinski definition) is 1. The van der Waals surface area contributed by atoms with E-state index < -0.39 is 0 Å². The third-order valence-electron chi connectivity index (χ3n) is 2.49. The van der Waals surface area contributed by atoms with Gasteiger partial charge in [-0.25, -0.2) is 4.98 Å². The zero-order valence-corrected chi connectivity index (χ0v) is 11.7. The molecule has 0 bridgehead atoms. The Labute approximate surface area is 120 Å². The van der Waals surface area contributed by atoms with Gasteiger partial charge in [0.05, 0.1) is 6.26 Å². The van der Waals surface area contributed by atoms with E-state index >= 15 is 0 Å². The molecule has 0 radical (unpaired) electrons. The van der Waals surface area contributed by atoms with Gasteiger partial charge < -0.3 is 9.73 Å². The second-order valence-corrected chi connectivity index (χ2v) is 4.93. The van der Waals surface area contributed by atoms with Crippen molar-refractivity contribution in [1.29, 1.82) is 0 Å². The fourth-order valence-electron chi connectivity index (χ4n) is 1.68. The van der Waals surface area contributed by atoms with Crippen molar-refractivity contribution in [3.8, 4) is 0 Å². The number of furan rings is 1. The highest BCUT2D eigenvalue weighted by atomic mass is 35.5. The van der Waals surface area contributed by atoms with Gasteiger partial charge in [0.15, 0.2) is 0 Å². The van der Waals surface area contributed by atoms with Crippen LogP contribution in [-0.2, 0) is 6.42 Å². The Hall–Kier alpha value is -1.52. The van der Waals surface area contributed by atoms with E-state index in [4.69, 9.17) is 27.6 Å². The van der Waals surface area contributed by atoms with Gasteiger partial charge in [-0.2, -0.15) is 0 Å². The van der Waals surface area contributed by atoms with Crippen LogP contribution in [0, 0.1) is 0 Å². The van der Waals surface area contributed by atoms with Crippen LogP contribution < -0.4 is 5.32 Å². The molecule has 0 aliphatic rings. The molecule has 1 unspecified atom stereocenters. The Morgan fingerprint density at radius 2 is 2.11 bits per heavy atom. The van der Waals surface area contributed by atoms with Gasteiger partial charge in [-0.3, -0.25) is 4.79 Å². The summed E-state index contributed by atoms with van der Waals surface area (Å²) in [6.45, 7) is 1.89. The van der Waals surface area contributed by atoms with Crippen LogP contribution in [0.25, 0.3) is 0 Å².